The number of nitrogens with one attached hydrogen (secondary N) is 2. The van der Waals surface area contributed by atoms with Gasteiger partial charge in [0, 0.05) is 39.0 Å². The Kier molecular flexibility index (Phi) is 10.8. The van der Waals surface area contributed by atoms with Gasteiger partial charge in [0.1, 0.15) is 23.2 Å². The minimum Gasteiger partial charge on any atom is -0.384 e. The maximum absolute atomic E-state index is 14.8. The molecule has 0 bridgehead atoms. The number of carbonyl (C=O) groups excluding carboxylic acids is 4. The van der Waals surface area contributed by atoms with Crippen molar-refractivity contribution < 1.29 is 37.4 Å². The van der Waals surface area contributed by atoms with Gasteiger partial charge in [0.05, 0.1) is 22.8 Å². The van der Waals surface area contributed by atoms with Crippen LogP contribution in [0.25, 0.3) is 10.8 Å². The van der Waals surface area contributed by atoms with E-state index < -0.39 is 62.8 Å². The summed E-state index contributed by atoms with van der Waals surface area (Å²) in [6.07, 6.45) is 6.31. The monoisotopic (exact) mass is 737 g/mol. The molecule has 52 heavy (non-hydrogen) atoms. The van der Waals surface area contributed by atoms with Gasteiger partial charge in [-0.05, 0) is 49.1 Å². The Hall–Kier alpha value is -4.25. The van der Waals surface area contributed by atoms with Gasteiger partial charge in [-0.25, -0.2) is 13.1 Å². The van der Waals surface area contributed by atoms with Crippen molar-refractivity contribution in [3.8, 4) is 0 Å². The van der Waals surface area contributed by atoms with Crippen LogP contribution in [0.4, 0.5) is 0 Å². The summed E-state index contributed by atoms with van der Waals surface area (Å²) in [5.41, 5.74) is 2.78. The van der Waals surface area contributed by atoms with Crippen LogP contribution in [-0.2, 0) is 39.5 Å². The summed E-state index contributed by atoms with van der Waals surface area (Å²) >= 11 is 0. The van der Waals surface area contributed by atoms with Crippen molar-refractivity contribution in [2.75, 3.05) is 19.8 Å². The second kappa shape index (κ2) is 15.0. The molecule has 280 valence electrons. The fraction of sp³-hybridized carbons (Fsp3) is 0.556. The molecule has 1 aromatic heterocycles. The molecule has 3 fully saturated rings. The van der Waals surface area contributed by atoms with E-state index in [1.807, 2.05) is 24.3 Å². The molecule has 6 rings (SSSR count). The summed E-state index contributed by atoms with van der Waals surface area (Å²) < 4.78 is 37.6. The molecule has 15 nitrogen and oxygen atoms in total. The van der Waals surface area contributed by atoms with E-state index in [0.29, 0.717) is 5.69 Å². The molecule has 0 spiro atoms. The van der Waals surface area contributed by atoms with Crippen LogP contribution in [-0.4, -0.2) is 94.3 Å². The molecule has 1 aliphatic carbocycles. The third-order valence-corrected chi connectivity index (χ3v) is 12.2. The van der Waals surface area contributed by atoms with E-state index in [2.05, 4.69) is 20.4 Å². The molecule has 2 unspecified atom stereocenters. The number of hydrogen-bond acceptors (Lipinski definition) is 10. The van der Waals surface area contributed by atoms with Gasteiger partial charge >= 0.3 is 0 Å². The Labute approximate surface area is 302 Å². The Morgan fingerprint density at radius 2 is 1.75 bits per heavy atom. The fourth-order valence-electron chi connectivity index (χ4n) is 7.86. The summed E-state index contributed by atoms with van der Waals surface area (Å²) in [6, 6.07) is 9.08. The number of likely N-dealkylation sites (tertiary alicyclic amines) is 1. The van der Waals surface area contributed by atoms with Gasteiger partial charge in [-0.15, -0.1) is 5.10 Å². The number of nitrogens with two attached hydrogens (primary N) is 1. The zero-order chi connectivity index (χ0) is 37.3. The van der Waals surface area contributed by atoms with E-state index in [1.54, 1.807) is 26.0 Å². The third-order valence-electron chi connectivity index (χ3n) is 10.7. The first-order valence-electron chi connectivity index (χ1n) is 17.9. The summed E-state index contributed by atoms with van der Waals surface area (Å²) in [4.78, 5) is 55.7. The molecule has 3 atom stereocenters. The Morgan fingerprint density at radius 3 is 2.42 bits per heavy atom. The van der Waals surface area contributed by atoms with Gasteiger partial charge < -0.3 is 25.8 Å². The van der Waals surface area contributed by atoms with Crippen LogP contribution >= 0.6 is 0 Å². The van der Waals surface area contributed by atoms with Crippen LogP contribution in [0.5, 0.6) is 0 Å². The van der Waals surface area contributed by atoms with E-state index in [0.717, 1.165) is 42.9 Å². The van der Waals surface area contributed by atoms with Crippen molar-refractivity contribution in [3.05, 3.63) is 54.4 Å². The van der Waals surface area contributed by atoms with Crippen molar-refractivity contribution in [2.24, 2.45) is 11.7 Å². The van der Waals surface area contributed by atoms with Gasteiger partial charge in [0.2, 0.25) is 27.6 Å². The lowest BCUT2D eigenvalue weighted by molar-refractivity contribution is -0.147. The molecular weight excluding hydrogens is 691 g/mol. The van der Waals surface area contributed by atoms with Crippen molar-refractivity contribution in [2.45, 2.75) is 106 Å². The minimum atomic E-state index is -4.22. The predicted octanol–water partition coefficient (Wildman–Crippen LogP) is 1.84. The minimum absolute atomic E-state index is 0.00472. The standard InChI is InChI=1S/C36H47N7O8S/c1-35(2,48)30-21-38-41-43(30)26-20-29(33(46)39-36(31(44)32(37)45)14-16-51-17-15-36)42(22-26)34(47)28(18-23-8-4-3-5-9-23)40-52(49,50)27-13-12-24-10-6-7-11-25(24)19-27/h6-7,10-13,19,21,23,26,28-29,40,48H,3-5,8-9,14-18,20,22H2,1-2H3,(H2,37,45)(H,39,46)/t26?,28-,29?/m1/s1. The molecule has 3 amide bonds. The lowest BCUT2D eigenvalue weighted by atomic mass is 9.84. The topological polar surface area (TPSA) is 216 Å². The highest BCUT2D eigenvalue weighted by Gasteiger charge is 2.49. The van der Waals surface area contributed by atoms with Gasteiger partial charge in [-0.2, -0.15) is 4.72 Å². The molecule has 3 aliphatic rings. The number of rotatable bonds is 12. The number of hydrogen-bond donors (Lipinski definition) is 4. The molecule has 2 saturated heterocycles. The normalized spacial score (nSPS) is 21.9. The van der Waals surface area contributed by atoms with Crippen LogP contribution in [0.2, 0.25) is 0 Å². The smallest absolute Gasteiger partial charge is 0.287 e. The Morgan fingerprint density at radius 1 is 1.06 bits per heavy atom. The van der Waals surface area contributed by atoms with Gasteiger partial charge in [-0.3, -0.25) is 19.2 Å². The van der Waals surface area contributed by atoms with Crippen molar-refractivity contribution in [1.82, 2.24) is 29.9 Å². The van der Waals surface area contributed by atoms with Gasteiger partial charge in [0.15, 0.2) is 0 Å². The largest absolute Gasteiger partial charge is 0.384 e. The molecule has 2 aliphatic heterocycles. The van der Waals surface area contributed by atoms with E-state index in [4.69, 9.17) is 10.5 Å². The van der Waals surface area contributed by atoms with Crippen LogP contribution in [0.15, 0.2) is 53.6 Å². The first-order valence-corrected chi connectivity index (χ1v) is 19.4. The molecule has 3 aromatic rings. The van der Waals surface area contributed by atoms with Crippen LogP contribution in [0, 0.1) is 5.92 Å². The van der Waals surface area contributed by atoms with E-state index in [9.17, 15) is 32.7 Å². The van der Waals surface area contributed by atoms with Crippen molar-refractivity contribution >= 4 is 44.3 Å². The summed E-state index contributed by atoms with van der Waals surface area (Å²) in [5.74, 6) is -3.40. The molecular formula is C36H47N7O8S. The van der Waals surface area contributed by atoms with Crippen LogP contribution in [0.1, 0.15) is 83.4 Å². The number of carbonyl (C=O) groups is 4. The molecule has 3 heterocycles. The Balaban J connectivity index is 1.36. The average Bonchev–Trinajstić information content (AvgIpc) is 3.80. The summed E-state index contributed by atoms with van der Waals surface area (Å²) in [5, 5.41) is 23.4. The fourth-order valence-corrected chi connectivity index (χ4v) is 9.10. The first kappa shape index (κ1) is 37.5. The lowest BCUT2D eigenvalue weighted by Crippen LogP contribution is -2.64. The zero-order valence-corrected chi connectivity index (χ0v) is 30.3. The zero-order valence-electron chi connectivity index (χ0n) is 29.5. The molecule has 0 radical (unpaired) electrons. The SMILES string of the molecule is CC(C)(O)c1cnnn1C1CC(C(=O)NC2(C(=O)C(N)=O)CCOCC2)N(C(=O)[C@@H](CC2CCCCC2)NS(=O)(=O)c2ccc3ccccc3c2)C1. The van der Waals surface area contributed by atoms with Crippen LogP contribution in [0.3, 0.4) is 0 Å². The lowest BCUT2D eigenvalue weighted by Gasteiger charge is -2.37. The highest BCUT2D eigenvalue weighted by Crippen LogP contribution is 2.35. The maximum Gasteiger partial charge on any atom is 0.287 e. The second-order valence-corrected chi connectivity index (χ2v) is 16.5. The molecule has 16 heteroatoms. The molecule has 2 aromatic carbocycles. The first-order chi connectivity index (χ1) is 24.7. The predicted molar refractivity (Wildman–Crippen MR) is 189 cm³/mol. The van der Waals surface area contributed by atoms with Gasteiger partial charge in [-0.1, -0.05) is 67.6 Å². The summed E-state index contributed by atoms with van der Waals surface area (Å²) in [6.45, 7) is 3.27. The molecule has 1 saturated carbocycles. The number of ether oxygens (including phenoxy) is 1. The van der Waals surface area contributed by atoms with Crippen molar-refractivity contribution in [3.63, 3.8) is 0 Å². The number of primary amides is 1. The third kappa shape index (κ3) is 7.89. The van der Waals surface area contributed by atoms with Gasteiger partial charge in [0.25, 0.3) is 5.91 Å². The average molecular weight is 738 g/mol. The number of benzene rings is 2. The summed E-state index contributed by atoms with van der Waals surface area (Å²) in [7, 11) is -4.22. The van der Waals surface area contributed by atoms with E-state index in [-0.39, 0.29) is 56.3 Å². The number of sulfonamides is 1. The number of aromatic nitrogens is 3. The van der Waals surface area contributed by atoms with E-state index in [1.165, 1.54) is 21.8 Å². The molecule has 5 N–H and O–H groups in total. The quantitative estimate of drug-likeness (QED) is 0.198. The Bertz CT molecular complexity index is 1930. The maximum atomic E-state index is 14.8. The highest BCUT2D eigenvalue weighted by atomic mass is 32.2. The van der Waals surface area contributed by atoms with Crippen LogP contribution < -0.4 is 15.8 Å². The van der Waals surface area contributed by atoms with Crippen molar-refractivity contribution in [1.29, 1.82) is 0 Å². The number of ketones is 1. The number of nitrogens with zero attached hydrogens (tertiary/aromatic N) is 4. The number of amides is 3. The highest BCUT2D eigenvalue weighted by molar-refractivity contribution is 7.89. The number of Topliss-reactive ketones (excluding diaryl/α,β-unsaturated/α-hetero) is 1. The second-order valence-electron chi connectivity index (χ2n) is 14.8. The number of aliphatic hydroxyl groups is 1. The number of fused-ring (bicyclic) bond motifs is 1. The van der Waals surface area contributed by atoms with E-state index >= 15 is 0 Å².